The highest BCUT2D eigenvalue weighted by atomic mass is 35.5. The maximum absolute atomic E-state index is 13.2. The van der Waals surface area contributed by atoms with Crippen molar-refractivity contribution in [3.8, 4) is 0 Å². The Labute approximate surface area is 171 Å². The van der Waals surface area contributed by atoms with Crippen LogP contribution in [0.1, 0.15) is 20.3 Å². The SMILES string of the molecule is CC(C)C(=O)N1CCN(S(=O)(=O)c2ccc(Cl)cc2)C[C@]2(CC(=O)N(C)C2)C1. The van der Waals surface area contributed by atoms with Gasteiger partial charge in [-0.15, -0.1) is 0 Å². The third-order valence-electron chi connectivity index (χ3n) is 5.44. The number of halogens is 1. The second kappa shape index (κ2) is 7.65. The van der Waals surface area contributed by atoms with Gasteiger partial charge >= 0.3 is 0 Å². The van der Waals surface area contributed by atoms with Gasteiger partial charge in [0.15, 0.2) is 0 Å². The Bertz CT molecular complexity index is 872. The Balaban J connectivity index is 1.96. The molecule has 2 heterocycles. The second-order valence-electron chi connectivity index (χ2n) is 8.13. The van der Waals surface area contributed by atoms with E-state index in [9.17, 15) is 18.0 Å². The molecule has 0 N–H and O–H groups in total. The number of carbonyl (C=O) groups excluding carboxylic acids is 2. The third kappa shape index (κ3) is 4.04. The molecule has 0 unspecified atom stereocenters. The van der Waals surface area contributed by atoms with Crippen molar-refractivity contribution in [2.24, 2.45) is 11.3 Å². The summed E-state index contributed by atoms with van der Waals surface area (Å²) in [5.41, 5.74) is -0.605. The highest BCUT2D eigenvalue weighted by Gasteiger charge is 2.48. The normalized spacial score (nSPS) is 24.2. The number of nitrogens with zero attached hydrogens (tertiary/aromatic N) is 3. The quantitative estimate of drug-likeness (QED) is 0.735. The van der Waals surface area contributed by atoms with E-state index in [-0.39, 0.29) is 42.1 Å². The van der Waals surface area contributed by atoms with Crippen LogP contribution >= 0.6 is 11.6 Å². The van der Waals surface area contributed by atoms with E-state index >= 15 is 0 Å². The van der Waals surface area contributed by atoms with Gasteiger partial charge in [0.05, 0.1) is 4.90 Å². The van der Waals surface area contributed by atoms with E-state index in [4.69, 9.17) is 11.6 Å². The van der Waals surface area contributed by atoms with E-state index < -0.39 is 15.4 Å². The van der Waals surface area contributed by atoms with E-state index in [0.29, 0.717) is 24.7 Å². The average molecular weight is 428 g/mol. The molecule has 1 atom stereocenters. The van der Waals surface area contributed by atoms with Gasteiger partial charge in [0.2, 0.25) is 21.8 Å². The molecule has 7 nitrogen and oxygen atoms in total. The molecule has 0 saturated carbocycles. The van der Waals surface area contributed by atoms with Crippen LogP contribution in [-0.4, -0.2) is 74.1 Å². The predicted octanol–water partition coefficient (Wildman–Crippen LogP) is 1.68. The largest absolute Gasteiger partial charge is 0.345 e. The van der Waals surface area contributed by atoms with Crippen LogP contribution < -0.4 is 0 Å². The first-order valence-corrected chi connectivity index (χ1v) is 11.1. The van der Waals surface area contributed by atoms with Gasteiger partial charge in [-0.2, -0.15) is 4.31 Å². The number of rotatable bonds is 3. The summed E-state index contributed by atoms with van der Waals surface area (Å²) in [7, 11) is -2.05. The lowest BCUT2D eigenvalue weighted by molar-refractivity contribution is -0.135. The molecule has 154 valence electrons. The summed E-state index contributed by atoms with van der Waals surface area (Å²) in [6.45, 7) is 5.18. The number of sulfonamides is 1. The lowest BCUT2D eigenvalue weighted by atomic mass is 9.86. The van der Waals surface area contributed by atoms with Gasteiger partial charge < -0.3 is 9.80 Å². The van der Waals surface area contributed by atoms with Crippen molar-refractivity contribution in [1.29, 1.82) is 0 Å². The Morgan fingerprint density at radius 1 is 1.11 bits per heavy atom. The first kappa shape index (κ1) is 21.1. The van der Waals surface area contributed by atoms with Crippen molar-refractivity contribution in [2.75, 3.05) is 39.8 Å². The summed E-state index contributed by atoms with van der Waals surface area (Å²) in [5, 5.41) is 0.461. The number of carbonyl (C=O) groups is 2. The zero-order valence-corrected chi connectivity index (χ0v) is 18.0. The Morgan fingerprint density at radius 2 is 1.75 bits per heavy atom. The standard InChI is InChI=1S/C19H26ClN3O4S/c1-14(2)18(25)22-8-9-23(13-19(12-22)10-17(24)21(3)11-19)28(26,27)16-6-4-15(20)5-7-16/h4-7,14H,8-13H2,1-3H3/t19-/m0/s1. The maximum Gasteiger partial charge on any atom is 0.243 e. The van der Waals surface area contributed by atoms with Crippen molar-refractivity contribution in [2.45, 2.75) is 25.2 Å². The lowest BCUT2D eigenvalue weighted by Gasteiger charge is -2.33. The Hall–Kier alpha value is -1.64. The molecular weight excluding hydrogens is 402 g/mol. The number of amides is 2. The van der Waals surface area contributed by atoms with Gasteiger partial charge in [-0.05, 0) is 24.3 Å². The number of benzene rings is 1. The monoisotopic (exact) mass is 427 g/mol. The molecule has 28 heavy (non-hydrogen) atoms. The topological polar surface area (TPSA) is 78.0 Å². The maximum atomic E-state index is 13.2. The summed E-state index contributed by atoms with van der Waals surface area (Å²) in [4.78, 5) is 28.4. The van der Waals surface area contributed by atoms with Crippen molar-refractivity contribution >= 4 is 33.4 Å². The molecule has 2 saturated heterocycles. The second-order valence-corrected chi connectivity index (χ2v) is 10.5. The Kier molecular flexibility index (Phi) is 5.76. The Morgan fingerprint density at radius 3 is 2.29 bits per heavy atom. The predicted molar refractivity (Wildman–Crippen MR) is 106 cm³/mol. The summed E-state index contributed by atoms with van der Waals surface area (Å²) in [5.74, 6) is -0.235. The van der Waals surface area contributed by atoms with Crippen molar-refractivity contribution in [3.05, 3.63) is 29.3 Å². The van der Waals surface area contributed by atoms with Gasteiger partial charge in [0, 0.05) is 62.5 Å². The number of likely N-dealkylation sites (tertiary alicyclic amines) is 1. The molecule has 0 bridgehead atoms. The van der Waals surface area contributed by atoms with Gasteiger partial charge in [-0.1, -0.05) is 25.4 Å². The molecular formula is C19H26ClN3O4S. The van der Waals surface area contributed by atoms with Crippen LogP contribution in [0.2, 0.25) is 5.02 Å². The minimum absolute atomic E-state index is 0.0212. The summed E-state index contributed by atoms with van der Waals surface area (Å²) < 4.78 is 27.9. The van der Waals surface area contributed by atoms with E-state index in [1.54, 1.807) is 29.0 Å². The van der Waals surface area contributed by atoms with E-state index in [1.807, 2.05) is 13.8 Å². The average Bonchev–Trinajstić information content (AvgIpc) is 2.79. The molecule has 3 rings (SSSR count). The smallest absolute Gasteiger partial charge is 0.243 e. The zero-order chi connectivity index (χ0) is 20.7. The summed E-state index contributed by atoms with van der Waals surface area (Å²) in [6.07, 6.45) is 0.234. The fraction of sp³-hybridized carbons (Fsp3) is 0.579. The molecule has 0 radical (unpaired) electrons. The highest BCUT2D eigenvalue weighted by Crippen LogP contribution is 2.36. The van der Waals surface area contributed by atoms with E-state index in [1.165, 1.54) is 16.4 Å². The minimum atomic E-state index is -3.76. The van der Waals surface area contributed by atoms with Crippen LogP contribution in [0, 0.1) is 11.3 Å². The first-order valence-electron chi connectivity index (χ1n) is 9.33. The summed E-state index contributed by atoms with van der Waals surface area (Å²) in [6, 6.07) is 6.06. The summed E-state index contributed by atoms with van der Waals surface area (Å²) >= 11 is 5.89. The molecule has 1 spiro atoms. The zero-order valence-electron chi connectivity index (χ0n) is 16.4. The number of hydrogen-bond acceptors (Lipinski definition) is 4. The molecule has 2 aliphatic rings. The molecule has 1 aromatic carbocycles. The molecule has 0 aromatic heterocycles. The molecule has 1 aromatic rings. The van der Waals surface area contributed by atoms with Crippen LogP contribution in [0.4, 0.5) is 0 Å². The molecule has 2 amide bonds. The van der Waals surface area contributed by atoms with E-state index in [2.05, 4.69) is 0 Å². The number of hydrogen-bond donors (Lipinski definition) is 0. The van der Waals surface area contributed by atoms with Crippen molar-refractivity contribution < 1.29 is 18.0 Å². The molecule has 2 aliphatic heterocycles. The first-order chi connectivity index (χ1) is 13.0. The van der Waals surface area contributed by atoms with E-state index in [0.717, 1.165) is 0 Å². The fourth-order valence-corrected chi connectivity index (χ4v) is 5.72. The molecule has 0 aliphatic carbocycles. The lowest BCUT2D eigenvalue weighted by Crippen LogP contribution is -2.45. The van der Waals surface area contributed by atoms with Gasteiger partial charge in [0.25, 0.3) is 0 Å². The van der Waals surface area contributed by atoms with Crippen LogP contribution in [0.3, 0.4) is 0 Å². The minimum Gasteiger partial charge on any atom is -0.345 e. The molecule has 9 heteroatoms. The third-order valence-corrected chi connectivity index (χ3v) is 7.55. The molecule has 2 fully saturated rings. The van der Waals surface area contributed by atoms with Crippen LogP contribution in [0.15, 0.2) is 29.2 Å². The van der Waals surface area contributed by atoms with Gasteiger partial charge in [0.1, 0.15) is 0 Å². The highest BCUT2D eigenvalue weighted by molar-refractivity contribution is 7.89. The fourth-order valence-electron chi connectivity index (χ4n) is 4.05. The van der Waals surface area contributed by atoms with Gasteiger partial charge in [-0.25, -0.2) is 8.42 Å². The van der Waals surface area contributed by atoms with Gasteiger partial charge in [-0.3, -0.25) is 9.59 Å². The van der Waals surface area contributed by atoms with Crippen molar-refractivity contribution in [1.82, 2.24) is 14.1 Å². The van der Waals surface area contributed by atoms with Crippen LogP contribution in [0.25, 0.3) is 0 Å². The van der Waals surface area contributed by atoms with Crippen LogP contribution in [0.5, 0.6) is 0 Å². The van der Waals surface area contributed by atoms with Crippen LogP contribution in [-0.2, 0) is 19.6 Å². The van der Waals surface area contributed by atoms with Crippen molar-refractivity contribution in [3.63, 3.8) is 0 Å².